The molecule has 1 aromatic heterocycles. The lowest BCUT2D eigenvalue weighted by Gasteiger charge is -2.05. The van der Waals surface area contributed by atoms with Gasteiger partial charge in [-0.05, 0) is 19.1 Å². The second-order valence-electron chi connectivity index (χ2n) is 4.03. The minimum absolute atomic E-state index is 0.0976. The minimum Gasteiger partial charge on any atom is -0.383 e. The van der Waals surface area contributed by atoms with Gasteiger partial charge in [0.25, 0.3) is 11.6 Å². The van der Waals surface area contributed by atoms with Gasteiger partial charge in [-0.25, -0.2) is 0 Å². The minimum atomic E-state index is -0.521. The van der Waals surface area contributed by atoms with Crippen LogP contribution in [0.15, 0.2) is 28.8 Å². The maximum absolute atomic E-state index is 12.0. The number of nitrogens with zero attached hydrogens (tertiary/aromatic N) is 2. The summed E-state index contributed by atoms with van der Waals surface area (Å²) in [6.45, 7) is 1.73. The number of rotatable bonds is 4. The summed E-state index contributed by atoms with van der Waals surface area (Å²) in [4.78, 5) is 22.3. The highest BCUT2D eigenvalue weighted by molar-refractivity contribution is 6.04. The summed E-state index contributed by atoms with van der Waals surface area (Å²) in [6.07, 6.45) is 0. The van der Waals surface area contributed by atoms with Gasteiger partial charge in [0.1, 0.15) is 5.69 Å². The molecule has 0 fully saturated rings. The number of carbonyl (C=O) groups is 1. The molecule has 0 radical (unpaired) electrons. The number of aryl methyl sites for hydroxylation is 1. The molecule has 1 heterocycles. The molecule has 1 amide bonds. The van der Waals surface area contributed by atoms with E-state index in [1.165, 1.54) is 18.2 Å². The van der Waals surface area contributed by atoms with Gasteiger partial charge in [-0.2, -0.15) is 0 Å². The number of amides is 1. The van der Waals surface area contributed by atoms with Crippen LogP contribution in [-0.2, 0) is 0 Å². The van der Waals surface area contributed by atoms with Crippen molar-refractivity contribution in [2.45, 2.75) is 6.92 Å². The van der Waals surface area contributed by atoms with Gasteiger partial charge in [0.2, 0.25) is 5.88 Å². The molecule has 0 saturated carbocycles. The average Bonchev–Trinajstić information content (AvgIpc) is 2.83. The molecule has 2 aromatic rings. The number of hydrogen-bond donors (Lipinski definition) is 2. The van der Waals surface area contributed by atoms with E-state index in [1.807, 2.05) is 0 Å². The third kappa shape index (κ3) is 2.74. The number of hydrogen-bond acceptors (Lipinski definition) is 6. The van der Waals surface area contributed by atoms with Crippen LogP contribution in [0.1, 0.15) is 16.1 Å². The molecule has 0 aliphatic heterocycles. The Morgan fingerprint density at radius 3 is 2.70 bits per heavy atom. The molecule has 0 atom stereocenters. The molecule has 20 heavy (non-hydrogen) atoms. The first kappa shape index (κ1) is 13.5. The predicted octanol–water partition coefficient (Wildman–Crippen LogP) is 2.19. The topological polar surface area (TPSA) is 110 Å². The van der Waals surface area contributed by atoms with E-state index < -0.39 is 10.8 Å². The predicted molar refractivity (Wildman–Crippen MR) is 71.8 cm³/mol. The molecule has 8 heteroatoms. The zero-order valence-corrected chi connectivity index (χ0v) is 10.8. The molecule has 0 saturated heterocycles. The van der Waals surface area contributed by atoms with E-state index in [2.05, 4.69) is 15.8 Å². The first-order valence-electron chi connectivity index (χ1n) is 5.72. The smallest absolute Gasteiger partial charge is 0.292 e. The van der Waals surface area contributed by atoms with E-state index in [1.54, 1.807) is 20.0 Å². The summed E-state index contributed by atoms with van der Waals surface area (Å²) in [5.41, 5.74) is 1.07. The molecule has 2 N–H and O–H groups in total. The maximum atomic E-state index is 12.0. The van der Waals surface area contributed by atoms with Gasteiger partial charge in [0.15, 0.2) is 0 Å². The second-order valence-corrected chi connectivity index (χ2v) is 4.03. The van der Waals surface area contributed by atoms with E-state index in [4.69, 9.17) is 4.52 Å². The van der Waals surface area contributed by atoms with Gasteiger partial charge < -0.3 is 9.84 Å². The fraction of sp³-hybridized carbons (Fsp3) is 0.167. The Labute approximate surface area is 113 Å². The molecule has 0 spiro atoms. The third-order valence-electron chi connectivity index (χ3n) is 2.59. The summed E-state index contributed by atoms with van der Waals surface area (Å²) < 4.78 is 4.87. The fourth-order valence-corrected chi connectivity index (χ4v) is 1.64. The van der Waals surface area contributed by atoms with Crippen molar-refractivity contribution >= 4 is 23.2 Å². The van der Waals surface area contributed by atoms with Crippen molar-refractivity contribution in [3.8, 4) is 0 Å². The number of benzene rings is 1. The zero-order valence-electron chi connectivity index (χ0n) is 10.8. The summed E-state index contributed by atoms with van der Waals surface area (Å²) in [6, 6.07) is 5.61. The second kappa shape index (κ2) is 5.39. The highest BCUT2D eigenvalue weighted by atomic mass is 16.6. The number of carbonyl (C=O) groups excluding carboxylic acids is 1. The largest absolute Gasteiger partial charge is 0.383 e. The highest BCUT2D eigenvalue weighted by Crippen LogP contribution is 2.25. The van der Waals surface area contributed by atoms with E-state index in [0.29, 0.717) is 5.69 Å². The van der Waals surface area contributed by atoms with E-state index >= 15 is 0 Å². The molecule has 1 aromatic carbocycles. The number of anilines is 2. The Morgan fingerprint density at radius 2 is 2.15 bits per heavy atom. The molecule has 0 aliphatic carbocycles. The Hall–Kier alpha value is -2.90. The Morgan fingerprint density at radius 1 is 1.40 bits per heavy atom. The molecule has 8 nitrogen and oxygen atoms in total. The Kier molecular flexibility index (Phi) is 3.65. The van der Waals surface area contributed by atoms with Gasteiger partial charge in [-0.1, -0.05) is 5.16 Å². The van der Waals surface area contributed by atoms with Crippen LogP contribution in [0, 0.1) is 17.0 Å². The Bertz CT molecular complexity index is 665. The van der Waals surface area contributed by atoms with Gasteiger partial charge in [-0.15, -0.1) is 0 Å². The van der Waals surface area contributed by atoms with Crippen molar-refractivity contribution in [1.29, 1.82) is 0 Å². The number of nitro benzene ring substituents is 1. The van der Waals surface area contributed by atoms with E-state index in [0.717, 1.165) is 0 Å². The normalized spacial score (nSPS) is 10.1. The van der Waals surface area contributed by atoms with Crippen molar-refractivity contribution in [1.82, 2.24) is 5.16 Å². The summed E-state index contributed by atoms with van der Waals surface area (Å²) in [5, 5.41) is 19.6. The SMILES string of the molecule is CNc1cc(C(=O)Nc2cc(C)no2)ccc1[N+](=O)[O-]. The molecule has 2 rings (SSSR count). The van der Waals surface area contributed by atoms with Gasteiger partial charge in [0.05, 0.1) is 10.6 Å². The Balaban J connectivity index is 2.24. The molecule has 0 aliphatic rings. The van der Waals surface area contributed by atoms with Crippen LogP contribution in [-0.4, -0.2) is 23.0 Å². The molecular formula is C12H12N4O4. The van der Waals surface area contributed by atoms with Crippen LogP contribution in [0.3, 0.4) is 0 Å². The average molecular weight is 276 g/mol. The highest BCUT2D eigenvalue weighted by Gasteiger charge is 2.16. The van der Waals surface area contributed by atoms with Crippen LogP contribution in [0.4, 0.5) is 17.3 Å². The number of nitrogens with one attached hydrogen (secondary N) is 2. The molecule has 104 valence electrons. The van der Waals surface area contributed by atoms with Gasteiger partial charge in [-0.3, -0.25) is 20.2 Å². The van der Waals surface area contributed by atoms with Crippen molar-refractivity contribution in [2.24, 2.45) is 0 Å². The monoisotopic (exact) mass is 276 g/mol. The lowest BCUT2D eigenvalue weighted by atomic mass is 10.1. The first-order chi connectivity index (χ1) is 9.51. The first-order valence-corrected chi connectivity index (χ1v) is 5.72. The van der Waals surface area contributed by atoms with E-state index in [-0.39, 0.29) is 22.8 Å². The number of nitro groups is 1. The van der Waals surface area contributed by atoms with Crippen LogP contribution < -0.4 is 10.6 Å². The lowest BCUT2D eigenvalue weighted by Crippen LogP contribution is -2.12. The number of aromatic nitrogens is 1. The summed E-state index contributed by atoms with van der Waals surface area (Å²) in [5.74, 6) is -0.218. The van der Waals surface area contributed by atoms with Crippen molar-refractivity contribution < 1.29 is 14.2 Å². The molecule has 0 bridgehead atoms. The van der Waals surface area contributed by atoms with Gasteiger partial charge in [0, 0.05) is 24.7 Å². The fourth-order valence-electron chi connectivity index (χ4n) is 1.64. The van der Waals surface area contributed by atoms with Gasteiger partial charge >= 0.3 is 0 Å². The van der Waals surface area contributed by atoms with Crippen molar-refractivity contribution in [2.75, 3.05) is 17.7 Å². The quantitative estimate of drug-likeness (QED) is 0.654. The summed E-state index contributed by atoms with van der Waals surface area (Å²) in [7, 11) is 1.55. The standard InChI is InChI=1S/C12H12N4O4/c1-7-5-11(20-15-7)14-12(17)8-3-4-10(16(18)19)9(6-8)13-2/h3-6,13H,1-2H3,(H,14,17). The maximum Gasteiger partial charge on any atom is 0.292 e. The van der Waals surface area contributed by atoms with Crippen molar-refractivity contribution in [3.63, 3.8) is 0 Å². The van der Waals surface area contributed by atoms with E-state index in [9.17, 15) is 14.9 Å². The van der Waals surface area contributed by atoms with Crippen LogP contribution >= 0.6 is 0 Å². The lowest BCUT2D eigenvalue weighted by molar-refractivity contribution is -0.383. The van der Waals surface area contributed by atoms with Crippen LogP contribution in [0.5, 0.6) is 0 Å². The van der Waals surface area contributed by atoms with Crippen molar-refractivity contribution in [3.05, 3.63) is 45.6 Å². The van der Waals surface area contributed by atoms with Crippen LogP contribution in [0.25, 0.3) is 0 Å². The summed E-state index contributed by atoms with van der Waals surface area (Å²) >= 11 is 0. The molecule has 0 unspecified atom stereocenters. The zero-order chi connectivity index (χ0) is 14.7. The molecular weight excluding hydrogens is 264 g/mol. The third-order valence-corrected chi connectivity index (χ3v) is 2.59. The van der Waals surface area contributed by atoms with Crippen LogP contribution in [0.2, 0.25) is 0 Å².